The number of hydrogen-bond donors (Lipinski definition) is 6. The molecule has 1 rings (SSSR count). The van der Waals surface area contributed by atoms with Gasteiger partial charge in [0.25, 0.3) is 0 Å². The minimum Gasteiger partial charge on any atom is -0.394 e. The van der Waals surface area contributed by atoms with Crippen LogP contribution in [0.2, 0.25) is 0 Å². The van der Waals surface area contributed by atoms with E-state index in [4.69, 9.17) is 9.47 Å². The quantitative estimate of drug-likeness (QED) is 0.0331. The third kappa shape index (κ3) is 35.3. The van der Waals surface area contributed by atoms with Gasteiger partial charge in [0.05, 0.1) is 25.4 Å². The molecule has 0 spiro atoms. The van der Waals surface area contributed by atoms with E-state index in [-0.39, 0.29) is 12.5 Å². The highest BCUT2D eigenvalue weighted by Gasteiger charge is 2.44. The minimum absolute atomic E-state index is 0.131. The molecule has 7 atom stereocenters. The van der Waals surface area contributed by atoms with Gasteiger partial charge in [0.15, 0.2) is 6.29 Å². The maximum Gasteiger partial charge on any atom is 0.220 e. The van der Waals surface area contributed by atoms with E-state index in [1.807, 2.05) is 0 Å². The van der Waals surface area contributed by atoms with Crippen molar-refractivity contribution >= 4 is 5.91 Å². The first-order valence-electron chi connectivity index (χ1n) is 28.2. The lowest BCUT2D eigenvalue weighted by molar-refractivity contribution is -0.302. The van der Waals surface area contributed by atoms with Crippen molar-refractivity contribution in [1.82, 2.24) is 5.32 Å². The van der Waals surface area contributed by atoms with Crippen LogP contribution in [-0.2, 0) is 14.3 Å². The van der Waals surface area contributed by atoms with E-state index in [0.717, 1.165) is 38.5 Å². The van der Waals surface area contributed by atoms with Gasteiger partial charge in [-0.1, -0.05) is 271 Å². The lowest BCUT2D eigenvalue weighted by Gasteiger charge is -2.40. The highest BCUT2D eigenvalue weighted by molar-refractivity contribution is 5.76. The molecule has 382 valence electrons. The van der Waals surface area contributed by atoms with Crippen LogP contribution in [0.3, 0.4) is 0 Å². The Morgan fingerprint density at radius 1 is 0.469 bits per heavy atom. The lowest BCUT2D eigenvalue weighted by Crippen LogP contribution is -2.60. The van der Waals surface area contributed by atoms with Gasteiger partial charge in [-0.3, -0.25) is 4.79 Å². The van der Waals surface area contributed by atoms with Gasteiger partial charge in [0.1, 0.15) is 24.4 Å². The second-order valence-corrected chi connectivity index (χ2v) is 20.1. The van der Waals surface area contributed by atoms with Crippen LogP contribution in [0.1, 0.15) is 290 Å². The molecule has 1 saturated heterocycles. The summed E-state index contributed by atoms with van der Waals surface area (Å²) in [4.78, 5) is 13.1. The Bertz CT molecular complexity index is 970. The van der Waals surface area contributed by atoms with Crippen molar-refractivity contribution in [3.05, 3.63) is 0 Å². The normalized spacial score (nSPS) is 19.9. The van der Waals surface area contributed by atoms with Crippen molar-refractivity contribution in [2.75, 3.05) is 13.2 Å². The maximum atomic E-state index is 13.1. The monoisotopic (exact) mass is 912 g/mol. The van der Waals surface area contributed by atoms with Crippen LogP contribution in [0.25, 0.3) is 0 Å². The molecule has 1 aliphatic rings. The average Bonchev–Trinajstić information content (AvgIpc) is 3.29. The van der Waals surface area contributed by atoms with E-state index in [2.05, 4.69) is 19.2 Å². The number of aliphatic hydroxyl groups excluding tert-OH is 5. The predicted molar refractivity (Wildman–Crippen MR) is 268 cm³/mol. The molecule has 0 aromatic carbocycles. The van der Waals surface area contributed by atoms with Gasteiger partial charge in [0, 0.05) is 6.42 Å². The molecule has 0 aliphatic carbocycles. The highest BCUT2D eigenvalue weighted by atomic mass is 16.7. The molecule has 1 heterocycles. The van der Waals surface area contributed by atoms with Crippen LogP contribution < -0.4 is 5.32 Å². The third-order valence-electron chi connectivity index (χ3n) is 14.0. The number of unbranched alkanes of at least 4 members (excludes halogenated alkanes) is 39. The molecule has 9 heteroatoms. The van der Waals surface area contributed by atoms with Crippen LogP contribution in [-0.4, -0.2) is 87.5 Å². The summed E-state index contributed by atoms with van der Waals surface area (Å²) in [6.07, 6.45) is 47.0. The summed E-state index contributed by atoms with van der Waals surface area (Å²) in [6.45, 7) is 3.88. The number of nitrogens with one attached hydrogen (secondary N) is 1. The summed E-state index contributed by atoms with van der Waals surface area (Å²) >= 11 is 0. The van der Waals surface area contributed by atoms with E-state index >= 15 is 0 Å². The molecule has 0 aromatic heterocycles. The van der Waals surface area contributed by atoms with E-state index < -0.39 is 49.5 Å². The van der Waals surface area contributed by atoms with E-state index in [1.54, 1.807) is 0 Å². The third-order valence-corrected chi connectivity index (χ3v) is 14.0. The van der Waals surface area contributed by atoms with Gasteiger partial charge in [-0.15, -0.1) is 0 Å². The van der Waals surface area contributed by atoms with Gasteiger partial charge >= 0.3 is 0 Å². The topological polar surface area (TPSA) is 149 Å². The molecule has 2 unspecified atom stereocenters. The van der Waals surface area contributed by atoms with Crippen LogP contribution in [0, 0.1) is 0 Å². The first-order valence-corrected chi connectivity index (χ1v) is 28.2. The van der Waals surface area contributed by atoms with Gasteiger partial charge in [-0.25, -0.2) is 0 Å². The van der Waals surface area contributed by atoms with E-state index in [0.29, 0.717) is 12.8 Å². The van der Waals surface area contributed by atoms with Crippen LogP contribution in [0.5, 0.6) is 0 Å². The predicted octanol–water partition coefficient (Wildman–Crippen LogP) is 13.5. The summed E-state index contributed by atoms with van der Waals surface area (Å²) in [5.41, 5.74) is 0. The molecule has 0 radical (unpaired) electrons. The molecule has 64 heavy (non-hydrogen) atoms. The molecule has 1 aliphatic heterocycles. The second kappa shape index (κ2) is 45.9. The van der Waals surface area contributed by atoms with Crippen molar-refractivity contribution in [3.63, 3.8) is 0 Å². The summed E-state index contributed by atoms with van der Waals surface area (Å²) in [5, 5.41) is 54.6. The SMILES string of the molecule is CCCCCCCCCCCCCCCCCCCCCCCCCCC(=O)N[C@@H](CO[C@@H]1O[C@H](CO)[C@H](O)C(O)C1O)[C@H](O)CCCCCCCCCCCCCCCCCCC. The minimum atomic E-state index is -1.55. The van der Waals surface area contributed by atoms with Gasteiger partial charge < -0.3 is 40.3 Å². The molecule has 0 saturated carbocycles. The number of amides is 1. The van der Waals surface area contributed by atoms with E-state index in [1.165, 1.54) is 225 Å². The highest BCUT2D eigenvalue weighted by Crippen LogP contribution is 2.23. The van der Waals surface area contributed by atoms with Crippen molar-refractivity contribution in [2.45, 2.75) is 333 Å². The molecule has 6 N–H and O–H groups in total. The van der Waals surface area contributed by atoms with Crippen molar-refractivity contribution in [2.24, 2.45) is 0 Å². The zero-order chi connectivity index (χ0) is 46.6. The molecule has 9 nitrogen and oxygen atoms in total. The van der Waals surface area contributed by atoms with Crippen molar-refractivity contribution in [1.29, 1.82) is 0 Å². The summed E-state index contributed by atoms with van der Waals surface area (Å²) < 4.78 is 11.3. The lowest BCUT2D eigenvalue weighted by atomic mass is 9.99. The van der Waals surface area contributed by atoms with Gasteiger partial charge in [-0.2, -0.15) is 0 Å². The van der Waals surface area contributed by atoms with Crippen molar-refractivity contribution in [3.8, 4) is 0 Å². The summed E-state index contributed by atoms with van der Waals surface area (Å²) in [7, 11) is 0. The standard InChI is InChI=1S/C55H109NO8/c1-3-5-7-9-11-13-15-17-19-21-22-23-24-25-26-27-29-31-33-35-37-39-41-43-45-51(59)56-48(47-63-55-54(62)53(61)52(60)50(46-57)64-55)49(58)44-42-40-38-36-34-32-30-28-20-18-16-14-12-10-8-6-4-2/h48-50,52-55,57-58,60-62H,3-47H2,1-2H3,(H,56,59)/t48-,49+,50+,52-,53?,54?,55+/m0/s1. The Hall–Kier alpha value is -0.810. The van der Waals surface area contributed by atoms with Crippen molar-refractivity contribution < 1.29 is 39.8 Å². The first kappa shape index (κ1) is 61.2. The largest absolute Gasteiger partial charge is 0.394 e. The number of aliphatic hydroxyl groups is 5. The number of carbonyl (C=O) groups is 1. The Kier molecular flexibility index (Phi) is 43.9. The fraction of sp³-hybridized carbons (Fsp3) is 0.982. The fourth-order valence-electron chi connectivity index (χ4n) is 9.46. The number of ether oxygens (including phenoxy) is 2. The zero-order valence-electron chi connectivity index (χ0n) is 42.3. The average molecular weight is 912 g/mol. The summed E-state index contributed by atoms with van der Waals surface area (Å²) in [5.74, 6) is -0.136. The summed E-state index contributed by atoms with van der Waals surface area (Å²) in [6, 6.07) is -0.713. The van der Waals surface area contributed by atoms with Gasteiger partial charge in [0.2, 0.25) is 5.91 Å². The molecule has 1 amide bonds. The first-order chi connectivity index (χ1) is 31.3. The molecule has 1 fully saturated rings. The molecule has 0 bridgehead atoms. The smallest absolute Gasteiger partial charge is 0.220 e. The number of carbonyl (C=O) groups excluding carboxylic acids is 1. The fourth-order valence-corrected chi connectivity index (χ4v) is 9.46. The van der Waals surface area contributed by atoms with Gasteiger partial charge in [-0.05, 0) is 12.8 Å². The van der Waals surface area contributed by atoms with Crippen LogP contribution in [0.4, 0.5) is 0 Å². The van der Waals surface area contributed by atoms with Crippen LogP contribution >= 0.6 is 0 Å². The second-order valence-electron chi connectivity index (χ2n) is 20.1. The Balaban J connectivity index is 2.19. The van der Waals surface area contributed by atoms with Crippen LogP contribution in [0.15, 0.2) is 0 Å². The number of rotatable bonds is 49. The Morgan fingerprint density at radius 3 is 1.11 bits per heavy atom. The Labute approximate surface area is 395 Å². The maximum absolute atomic E-state index is 13.1. The molecule has 0 aromatic rings. The molecular formula is C55H109NO8. The number of hydrogen-bond acceptors (Lipinski definition) is 8. The Morgan fingerprint density at radius 2 is 0.781 bits per heavy atom. The van der Waals surface area contributed by atoms with E-state index in [9.17, 15) is 30.3 Å². The molecular weight excluding hydrogens is 803 g/mol. The zero-order valence-corrected chi connectivity index (χ0v) is 42.3.